The molecular weight excluding hydrogens is 600 g/mol. The lowest BCUT2D eigenvalue weighted by Crippen LogP contribution is -2.46. The number of aromatic amines is 1. The number of carbonyl (C=O) groups is 1. The molecule has 0 radical (unpaired) electrons. The lowest BCUT2D eigenvalue weighted by molar-refractivity contribution is 0.0598. The fourth-order valence-electron chi connectivity index (χ4n) is 5.75. The van der Waals surface area contributed by atoms with Gasteiger partial charge in [-0.1, -0.05) is 29.8 Å². The highest BCUT2D eigenvalue weighted by atomic mass is 35.5. The Hall–Kier alpha value is -4.50. The monoisotopic (exact) mass is 638 g/mol. The molecule has 4 aromatic carbocycles. The number of H-pyrrole nitrogens is 1. The summed E-state index contributed by atoms with van der Waals surface area (Å²) >= 11 is 6.20. The van der Waals surface area contributed by atoms with E-state index >= 15 is 0 Å². The number of halogens is 1. The van der Waals surface area contributed by atoms with Crippen LogP contribution in [0.1, 0.15) is 15.9 Å². The number of piperazine rings is 1. The Morgan fingerprint density at radius 3 is 2.43 bits per heavy atom. The van der Waals surface area contributed by atoms with Crippen molar-refractivity contribution in [3.05, 3.63) is 107 Å². The zero-order chi connectivity index (χ0) is 32.0. The first-order valence-electron chi connectivity index (χ1n) is 15.5. The number of likely N-dealkylation sites (N-methyl/N-ethyl adjacent to an activating group) is 1. The fraction of sp³-hybridized carbons (Fsp3) is 0.270. The number of anilines is 1. The van der Waals surface area contributed by atoms with Crippen LogP contribution in [0.4, 0.5) is 5.69 Å². The molecule has 0 bridgehead atoms. The quantitative estimate of drug-likeness (QED) is 0.152. The fourth-order valence-corrected chi connectivity index (χ4v) is 5.87. The van der Waals surface area contributed by atoms with Crippen molar-refractivity contribution in [1.29, 1.82) is 0 Å². The van der Waals surface area contributed by atoms with Gasteiger partial charge in [0.25, 0.3) is 0 Å². The minimum atomic E-state index is -0.432. The van der Waals surface area contributed by atoms with Crippen molar-refractivity contribution in [1.82, 2.24) is 14.8 Å². The first kappa shape index (κ1) is 31.5. The highest BCUT2D eigenvalue weighted by molar-refractivity contribution is 6.30. The van der Waals surface area contributed by atoms with Crippen LogP contribution in [0.5, 0.6) is 17.2 Å². The molecule has 9 heteroatoms. The van der Waals surface area contributed by atoms with Crippen molar-refractivity contribution in [3.63, 3.8) is 0 Å². The van der Waals surface area contributed by atoms with Gasteiger partial charge in [0.15, 0.2) is 0 Å². The van der Waals surface area contributed by atoms with E-state index in [1.54, 1.807) is 6.07 Å². The number of ether oxygens (including phenoxy) is 3. The molecule has 8 nitrogen and oxygen atoms in total. The van der Waals surface area contributed by atoms with Gasteiger partial charge in [-0.25, -0.2) is 4.79 Å². The van der Waals surface area contributed by atoms with E-state index in [1.165, 1.54) is 18.2 Å². The molecule has 0 aliphatic carbocycles. The second-order valence-electron chi connectivity index (χ2n) is 11.7. The van der Waals surface area contributed by atoms with Crippen LogP contribution in [0.15, 0.2) is 91.1 Å². The normalized spacial score (nSPS) is 13.7. The van der Waals surface area contributed by atoms with Crippen LogP contribution in [0, 0.1) is 0 Å². The third-order valence-electron chi connectivity index (χ3n) is 8.29. The summed E-state index contributed by atoms with van der Waals surface area (Å²) in [5.74, 6) is 1.57. The van der Waals surface area contributed by atoms with Gasteiger partial charge in [-0.2, -0.15) is 0 Å². The van der Waals surface area contributed by atoms with Crippen molar-refractivity contribution in [2.45, 2.75) is 6.54 Å². The van der Waals surface area contributed by atoms with Gasteiger partial charge in [-0.15, -0.1) is 0 Å². The number of methoxy groups -OCH3 is 1. The first-order valence-corrected chi connectivity index (χ1v) is 15.8. The van der Waals surface area contributed by atoms with E-state index in [0.29, 0.717) is 23.7 Å². The number of hydrogen-bond acceptors (Lipinski definition) is 7. The Morgan fingerprint density at radius 2 is 1.67 bits per heavy atom. The number of nitrogens with zero attached hydrogens (tertiary/aromatic N) is 3. The van der Waals surface area contributed by atoms with Crippen LogP contribution in [-0.2, 0) is 11.3 Å². The Morgan fingerprint density at radius 1 is 0.891 bits per heavy atom. The molecule has 0 amide bonds. The molecule has 5 aromatic rings. The van der Waals surface area contributed by atoms with Gasteiger partial charge in [0, 0.05) is 73.1 Å². The van der Waals surface area contributed by atoms with E-state index in [0.717, 1.165) is 72.2 Å². The smallest absolute Gasteiger partial charge is 0.341 e. The summed E-state index contributed by atoms with van der Waals surface area (Å²) in [5.41, 5.74) is 5.94. The number of fused-ring (bicyclic) bond motifs is 1. The third-order valence-corrected chi connectivity index (χ3v) is 8.55. The number of rotatable bonds is 11. The number of nitrogens with one attached hydrogen (secondary N) is 1. The minimum absolute atomic E-state index is 0.390. The summed E-state index contributed by atoms with van der Waals surface area (Å²) in [5, 5.41) is 1.76. The first-order chi connectivity index (χ1) is 22.4. The van der Waals surface area contributed by atoms with Crippen LogP contribution >= 0.6 is 11.6 Å². The average Bonchev–Trinajstić information content (AvgIpc) is 3.53. The Kier molecular flexibility index (Phi) is 9.78. The highest BCUT2D eigenvalue weighted by Gasteiger charge is 2.22. The maximum atomic E-state index is 12.6. The zero-order valence-electron chi connectivity index (χ0n) is 26.5. The second-order valence-corrected chi connectivity index (χ2v) is 12.2. The predicted molar refractivity (Wildman–Crippen MR) is 185 cm³/mol. The number of carbonyl (C=O) groups excluding carboxylic acids is 1. The molecule has 2 heterocycles. The molecule has 0 atom stereocenters. The summed E-state index contributed by atoms with van der Waals surface area (Å²) < 4.78 is 17.4. The third kappa shape index (κ3) is 7.48. The van der Waals surface area contributed by atoms with Crippen molar-refractivity contribution < 1.29 is 19.0 Å². The molecule has 1 fully saturated rings. The van der Waals surface area contributed by atoms with Gasteiger partial charge in [-0.3, -0.25) is 4.90 Å². The second kappa shape index (κ2) is 14.3. The summed E-state index contributed by atoms with van der Waals surface area (Å²) in [7, 11) is 5.47. The minimum Gasteiger partial charge on any atom is -0.492 e. The summed E-state index contributed by atoms with van der Waals surface area (Å²) in [6, 6.07) is 27.9. The van der Waals surface area contributed by atoms with E-state index in [2.05, 4.69) is 50.0 Å². The van der Waals surface area contributed by atoms with Crippen molar-refractivity contribution in [2.75, 3.05) is 65.4 Å². The molecule has 46 heavy (non-hydrogen) atoms. The molecule has 1 aliphatic rings. The molecule has 1 aromatic heterocycles. The summed E-state index contributed by atoms with van der Waals surface area (Å²) in [6.07, 6.45) is 1.89. The number of esters is 1. The SMILES string of the molecule is COC(=O)c1ccc(N2CCN(Cc3cc(OCCN(C)C)ccc3-c3ccc(Cl)cc3)CC2)cc1Oc1ccc2[nH]ccc2c1. The Bertz CT molecular complexity index is 1800. The van der Waals surface area contributed by atoms with Crippen molar-refractivity contribution in [2.24, 2.45) is 0 Å². The van der Waals surface area contributed by atoms with Crippen molar-refractivity contribution in [3.8, 4) is 28.4 Å². The van der Waals surface area contributed by atoms with E-state index in [1.807, 2.05) is 68.8 Å². The molecule has 0 spiro atoms. The van der Waals surface area contributed by atoms with Gasteiger partial charge >= 0.3 is 5.97 Å². The molecule has 0 unspecified atom stereocenters. The van der Waals surface area contributed by atoms with Crippen LogP contribution < -0.4 is 14.4 Å². The molecule has 238 valence electrons. The molecule has 6 rings (SSSR count). The number of aromatic nitrogens is 1. The maximum Gasteiger partial charge on any atom is 0.341 e. The molecule has 0 saturated carbocycles. The largest absolute Gasteiger partial charge is 0.492 e. The molecule has 1 N–H and O–H groups in total. The average molecular weight is 639 g/mol. The molecule has 1 aliphatic heterocycles. The van der Waals surface area contributed by atoms with Gasteiger partial charge in [-0.05, 0) is 91.4 Å². The van der Waals surface area contributed by atoms with Crippen LogP contribution in [0.2, 0.25) is 5.02 Å². The lowest BCUT2D eigenvalue weighted by atomic mass is 9.98. The number of benzene rings is 4. The number of hydrogen-bond donors (Lipinski definition) is 1. The van der Waals surface area contributed by atoms with Gasteiger partial charge in [0.2, 0.25) is 0 Å². The topological polar surface area (TPSA) is 70.3 Å². The van der Waals surface area contributed by atoms with Gasteiger partial charge in [0.05, 0.1) is 7.11 Å². The van der Waals surface area contributed by atoms with Crippen LogP contribution in [0.25, 0.3) is 22.0 Å². The Balaban J connectivity index is 1.17. The van der Waals surface area contributed by atoms with Gasteiger partial charge in [0.1, 0.15) is 29.4 Å². The zero-order valence-corrected chi connectivity index (χ0v) is 27.2. The van der Waals surface area contributed by atoms with Gasteiger partial charge < -0.3 is 29.0 Å². The predicted octanol–water partition coefficient (Wildman–Crippen LogP) is 7.33. The van der Waals surface area contributed by atoms with E-state index in [4.69, 9.17) is 25.8 Å². The standard InChI is InChI=1S/C37H39ClN4O4/c1-40(2)20-21-45-31-9-12-33(26-4-6-29(38)7-5-26)28(23-31)25-41-16-18-42(19-17-41)30-8-11-34(37(43)44-3)36(24-30)46-32-10-13-35-27(22-32)14-15-39-35/h4-15,22-24,39H,16-21,25H2,1-3H3. The highest BCUT2D eigenvalue weighted by Crippen LogP contribution is 2.34. The molecular formula is C37H39ClN4O4. The van der Waals surface area contributed by atoms with E-state index in [9.17, 15) is 4.79 Å². The van der Waals surface area contributed by atoms with Crippen LogP contribution in [0.3, 0.4) is 0 Å². The van der Waals surface area contributed by atoms with Crippen molar-refractivity contribution >= 4 is 34.2 Å². The summed E-state index contributed by atoms with van der Waals surface area (Å²) in [6.45, 7) is 5.71. The Labute approximate surface area is 275 Å². The lowest BCUT2D eigenvalue weighted by Gasteiger charge is -2.36. The van der Waals surface area contributed by atoms with E-state index < -0.39 is 5.97 Å². The van der Waals surface area contributed by atoms with Crippen LogP contribution in [-0.4, -0.2) is 81.3 Å². The molecule has 1 saturated heterocycles. The summed E-state index contributed by atoms with van der Waals surface area (Å²) in [4.78, 5) is 22.7. The maximum absolute atomic E-state index is 12.6. The van der Waals surface area contributed by atoms with E-state index in [-0.39, 0.29) is 0 Å².